The molecule has 30 heavy (non-hydrogen) atoms. The molecule has 6 heteroatoms. The number of phosphoric ester groups is 1. The first kappa shape index (κ1) is 30.7. The van der Waals surface area contributed by atoms with Crippen molar-refractivity contribution < 1.29 is 18.5 Å². The molecule has 0 bridgehead atoms. The third kappa shape index (κ3) is 17.3. The normalized spacial score (nSPS) is 14.2. The second-order valence-electron chi connectivity index (χ2n) is 8.75. The van der Waals surface area contributed by atoms with Crippen LogP contribution in [-0.4, -0.2) is 31.7 Å². The second kappa shape index (κ2) is 20.3. The number of hydrogen-bond donors (Lipinski definition) is 1. The third-order valence-electron chi connectivity index (χ3n) is 6.58. The molecule has 1 atom stereocenters. The van der Waals surface area contributed by atoms with Crippen molar-refractivity contribution in [3.63, 3.8) is 0 Å². The van der Waals surface area contributed by atoms with Crippen LogP contribution in [0.25, 0.3) is 0 Å². The first-order valence-electron chi connectivity index (χ1n) is 12.9. The molecular formula is C24H53AsO4P+. The Morgan fingerprint density at radius 2 is 0.967 bits per heavy atom. The summed E-state index contributed by atoms with van der Waals surface area (Å²) in [5, 5.41) is 4.70. The zero-order valence-corrected chi connectivity index (χ0v) is 23.5. The molecule has 0 aliphatic rings. The third-order valence-corrected chi connectivity index (χ3v) is 18.4. The SMILES string of the molecule is CCCCCCCCCCCCCCCCOP(=O)(O)OCC[As+](CC)(CC)CC. The van der Waals surface area contributed by atoms with Gasteiger partial charge in [0.1, 0.15) is 0 Å². The molecule has 0 aliphatic heterocycles. The molecule has 1 unspecified atom stereocenters. The molecule has 0 heterocycles. The van der Waals surface area contributed by atoms with Gasteiger partial charge in [-0.1, -0.05) is 58.3 Å². The Kier molecular flexibility index (Phi) is 20.7. The quantitative estimate of drug-likeness (QED) is 0.0844. The van der Waals surface area contributed by atoms with Crippen molar-refractivity contribution in [1.29, 1.82) is 0 Å². The summed E-state index contributed by atoms with van der Waals surface area (Å²) in [7, 11) is -3.87. The van der Waals surface area contributed by atoms with E-state index in [9.17, 15) is 9.46 Å². The number of unbranched alkanes of at least 4 members (excludes halogenated alkanes) is 13. The Labute approximate surface area is 191 Å². The molecule has 182 valence electrons. The van der Waals surface area contributed by atoms with E-state index in [1.807, 2.05) is 0 Å². The molecule has 0 radical (unpaired) electrons. The van der Waals surface area contributed by atoms with Crippen LogP contribution < -0.4 is 0 Å². The van der Waals surface area contributed by atoms with Gasteiger partial charge in [-0.3, -0.25) is 0 Å². The second-order valence-corrected chi connectivity index (χ2v) is 20.7. The molecule has 0 aromatic rings. The summed E-state index contributed by atoms with van der Waals surface area (Å²) in [4.78, 5) is 9.86. The number of phosphoric acid groups is 1. The van der Waals surface area contributed by atoms with Crippen LogP contribution >= 0.6 is 7.82 Å². The summed E-state index contributed by atoms with van der Waals surface area (Å²) in [6, 6.07) is 0. The van der Waals surface area contributed by atoms with E-state index in [0.29, 0.717) is 13.2 Å². The first-order valence-corrected chi connectivity index (χ1v) is 19.7. The molecule has 0 aliphatic carbocycles. The van der Waals surface area contributed by atoms with Crippen molar-refractivity contribution in [2.75, 3.05) is 13.2 Å². The van der Waals surface area contributed by atoms with E-state index in [0.717, 1.165) is 18.1 Å². The van der Waals surface area contributed by atoms with Gasteiger partial charge in [0, 0.05) is 0 Å². The molecule has 0 saturated heterocycles. The van der Waals surface area contributed by atoms with Crippen molar-refractivity contribution in [3.05, 3.63) is 0 Å². The number of hydrogen-bond acceptors (Lipinski definition) is 3. The van der Waals surface area contributed by atoms with Gasteiger partial charge in [0.15, 0.2) is 0 Å². The first-order chi connectivity index (χ1) is 14.4. The van der Waals surface area contributed by atoms with E-state index in [-0.39, 0.29) is 0 Å². The summed E-state index contributed by atoms with van der Waals surface area (Å²) in [5.74, 6) is 0. The molecule has 0 saturated carbocycles. The molecule has 0 aromatic heterocycles. The Hall–Kier alpha value is 0.668. The maximum absolute atomic E-state index is 12.0. The van der Waals surface area contributed by atoms with Crippen molar-refractivity contribution in [2.24, 2.45) is 0 Å². The van der Waals surface area contributed by atoms with Crippen molar-refractivity contribution in [2.45, 2.75) is 138 Å². The molecule has 0 spiro atoms. The van der Waals surface area contributed by atoms with E-state index in [1.165, 1.54) is 92.7 Å². The van der Waals surface area contributed by atoms with Crippen LogP contribution in [0.4, 0.5) is 0 Å². The Balaban J connectivity index is 3.51. The van der Waals surface area contributed by atoms with Gasteiger partial charge < -0.3 is 0 Å². The Morgan fingerprint density at radius 1 is 0.600 bits per heavy atom. The predicted octanol–water partition coefficient (Wildman–Crippen LogP) is 9.11. The van der Waals surface area contributed by atoms with Crippen LogP contribution in [-0.2, 0) is 13.6 Å². The molecule has 1 N–H and O–H groups in total. The van der Waals surface area contributed by atoms with Gasteiger partial charge in [-0.25, -0.2) is 0 Å². The van der Waals surface area contributed by atoms with Gasteiger partial charge in [-0.15, -0.1) is 0 Å². The monoisotopic (exact) mass is 511 g/mol. The average molecular weight is 512 g/mol. The van der Waals surface area contributed by atoms with Crippen LogP contribution in [0.1, 0.15) is 118 Å². The molecule has 0 rings (SSSR count). The van der Waals surface area contributed by atoms with E-state index in [2.05, 4.69) is 27.7 Å². The summed E-state index contributed by atoms with van der Waals surface area (Å²) in [6.07, 6.45) is 18.2. The van der Waals surface area contributed by atoms with Gasteiger partial charge in [0.05, 0.1) is 0 Å². The maximum atomic E-state index is 12.0. The van der Waals surface area contributed by atoms with Crippen LogP contribution in [0.5, 0.6) is 0 Å². The summed E-state index contributed by atoms with van der Waals surface area (Å²) in [5.41, 5.74) is 0. The van der Waals surface area contributed by atoms with Gasteiger partial charge >= 0.3 is 133 Å². The van der Waals surface area contributed by atoms with Crippen LogP contribution in [0.2, 0.25) is 20.8 Å². The zero-order chi connectivity index (χ0) is 22.6. The van der Waals surface area contributed by atoms with Crippen molar-refractivity contribution in [1.82, 2.24) is 0 Å². The van der Waals surface area contributed by atoms with E-state index < -0.39 is 21.4 Å². The molecule has 4 nitrogen and oxygen atoms in total. The molecular weight excluding hydrogens is 458 g/mol. The Bertz CT molecular complexity index is 408. The van der Waals surface area contributed by atoms with Gasteiger partial charge in [-0.2, -0.15) is 0 Å². The molecule has 0 aromatic carbocycles. The fourth-order valence-electron chi connectivity index (χ4n) is 4.01. The summed E-state index contributed by atoms with van der Waals surface area (Å²) >= 11 is -1.67. The summed E-state index contributed by atoms with van der Waals surface area (Å²) in [6.45, 7) is 9.73. The number of rotatable bonds is 23. The molecule has 0 amide bonds. The van der Waals surface area contributed by atoms with Crippen molar-refractivity contribution in [3.8, 4) is 0 Å². The predicted molar refractivity (Wildman–Crippen MR) is 134 cm³/mol. The van der Waals surface area contributed by atoms with E-state index in [1.54, 1.807) is 0 Å². The Morgan fingerprint density at radius 3 is 1.37 bits per heavy atom. The minimum atomic E-state index is -3.87. The average Bonchev–Trinajstić information content (AvgIpc) is 2.74. The standard InChI is InChI=1S/C24H52AsO4P/c1-5-9-10-11-12-13-14-15-16-17-18-19-20-21-23-28-30(26,27)29-24-22-25(6-2,7-3)8-4/h5-24H2,1-4H3/p+1. The summed E-state index contributed by atoms with van der Waals surface area (Å²) < 4.78 is 22.4. The van der Waals surface area contributed by atoms with Gasteiger partial charge in [-0.05, 0) is 0 Å². The topological polar surface area (TPSA) is 55.8 Å². The van der Waals surface area contributed by atoms with E-state index in [4.69, 9.17) is 9.05 Å². The van der Waals surface area contributed by atoms with Crippen LogP contribution in [0.15, 0.2) is 0 Å². The van der Waals surface area contributed by atoms with Crippen molar-refractivity contribution >= 4 is 21.4 Å². The fraction of sp³-hybridized carbons (Fsp3) is 1.00. The van der Waals surface area contributed by atoms with Crippen LogP contribution in [0.3, 0.4) is 0 Å². The van der Waals surface area contributed by atoms with Gasteiger partial charge in [0.2, 0.25) is 0 Å². The molecule has 0 fully saturated rings. The zero-order valence-electron chi connectivity index (χ0n) is 20.7. The van der Waals surface area contributed by atoms with E-state index >= 15 is 0 Å². The van der Waals surface area contributed by atoms with Gasteiger partial charge in [0.25, 0.3) is 0 Å². The fourth-order valence-corrected chi connectivity index (χ4v) is 10.9. The van der Waals surface area contributed by atoms with Crippen LogP contribution in [0, 0.1) is 0 Å². The minimum absolute atomic E-state index is 0.326.